The van der Waals surface area contributed by atoms with Gasteiger partial charge < -0.3 is 20.1 Å². The van der Waals surface area contributed by atoms with Crippen LogP contribution in [0.4, 0.5) is 4.79 Å². The van der Waals surface area contributed by atoms with Crippen LogP contribution < -0.4 is 10.7 Å². The summed E-state index contributed by atoms with van der Waals surface area (Å²) in [4.78, 5) is 35.8. The molecule has 35 heavy (non-hydrogen) atoms. The van der Waals surface area contributed by atoms with Gasteiger partial charge in [0.15, 0.2) is 0 Å². The Hall–Kier alpha value is -2.91. The molecule has 3 fully saturated rings. The summed E-state index contributed by atoms with van der Waals surface area (Å²) >= 11 is 0. The zero-order valence-electron chi connectivity index (χ0n) is 20.7. The van der Waals surface area contributed by atoms with E-state index in [1.54, 1.807) is 0 Å². The molecule has 9 nitrogen and oxygen atoms in total. The summed E-state index contributed by atoms with van der Waals surface area (Å²) in [6.45, 7) is 7.31. The molecule has 1 spiro atoms. The van der Waals surface area contributed by atoms with Crippen molar-refractivity contribution in [3.63, 3.8) is 0 Å². The third-order valence-electron chi connectivity index (χ3n) is 8.32. The van der Waals surface area contributed by atoms with E-state index in [1.807, 2.05) is 30.0 Å². The maximum absolute atomic E-state index is 12.6. The Balaban J connectivity index is 1.22. The minimum Gasteiger partial charge on any atom is -0.338 e. The lowest BCUT2D eigenvalue weighted by Crippen LogP contribution is -2.48. The fourth-order valence-electron chi connectivity index (χ4n) is 6.35. The number of amides is 3. The van der Waals surface area contributed by atoms with Gasteiger partial charge in [0.25, 0.3) is 0 Å². The number of likely N-dealkylation sites (N-methyl/N-ethyl adjacent to an activating group) is 1. The Morgan fingerprint density at radius 2 is 2.09 bits per heavy atom. The highest BCUT2D eigenvalue weighted by molar-refractivity contribution is 5.82. The van der Waals surface area contributed by atoms with E-state index >= 15 is 0 Å². The predicted octanol–water partition coefficient (Wildman–Crippen LogP) is 1.71. The van der Waals surface area contributed by atoms with Crippen LogP contribution in [0.3, 0.4) is 0 Å². The molecule has 3 amide bonds. The average Bonchev–Trinajstić information content (AvgIpc) is 3.55. The van der Waals surface area contributed by atoms with Gasteiger partial charge in [0, 0.05) is 68.0 Å². The summed E-state index contributed by atoms with van der Waals surface area (Å²) < 4.78 is 0. The molecule has 2 N–H and O–H groups in total. The second-order valence-corrected chi connectivity index (χ2v) is 10.6. The third kappa shape index (κ3) is 3.90. The number of aromatic nitrogens is 1. The smallest absolute Gasteiger partial charge is 0.317 e. The van der Waals surface area contributed by atoms with E-state index in [0.29, 0.717) is 13.1 Å². The minimum atomic E-state index is 0.0450. The van der Waals surface area contributed by atoms with Crippen LogP contribution in [0.25, 0.3) is 6.08 Å². The van der Waals surface area contributed by atoms with Crippen molar-refractivity contribution >= 4 is 18.0 Å². The fraction of sp³-hybridized carbons (Fsp3) is 0.577. The molecule has 0 bridgehead atoms. The van der Waals surface area contributed by atoms with E-state index in [2.05, 4.69) is 38.9 Å². The SMILES string of the molecule is CCNC(=O)N1CCC2(CCN3NC(c4cnc5c(c4)C=C(N4CCN(C)CC4=O)CC5)C=C32)C1. The molecule has 1 aromatic heterocycles. The quantitative estimate of drug-likeness (QED) is 0.690. The van der Waals surface area contributed by atoms with Crippen LogP contribution in [-0.4, -0.2) is 89.5 Å². The van der Waals surface area contributed by atoms with E-state index in [1.165, 1.54) is 5.70 Å². The van der Waals surface area contributed by atoms with Gasteiger partial charge in [0.05, 0.1) is 12.6 Å². The molecule has 1 aromatic rings. The number of allylic oxidation sites excluding steroid dienone is 1. The topological polar surface area (TPSA) is 84.1 Å². The number of nitrogens with one attached hydrogen (secondary N) is 2. The van der Waals surface area contributed by atoms with Crippen molar-refractivity contribution in [2.45, 2.75) is 38.6 Å². The lowest BCUT2D eigenvalue weighted by atomic mass is 9.82. The number of nitrogens with zero attached hydrogens (tertiary/aromatic N) is 5. The zero-order chi connectivity index (χ0) is 24.2. The summed E-state index contributed by atoms with van der Waals surface area (Å²) in [5.41, 5.74) is 9.53. The second kappa shape index (κ2) is 8.64. The second-order valence-electron chi connectivity index (χ2n) is 10.6. The molecule has 0 saturated carbocycles. The maximum atomic E-state index is 12.6. The number of hydrogen-bond acceptors (Lipinski definition) is 6. The molecule has 3 saturated heterocycles. The largest absolute Gasteiger partial charge is 0.338 e. The van der Waals surface area contributed by atoms with Gasteiger partial charge in [-0.05, 0) is 69.0 Å². The summed E-state index contributed by atoms with van der Waals surface area (Å²) in [6.07, 6.45) is 10.3. The number of carbonyl (C=O) groups is 2. The molecule has 9 heteroatoms. The van der Waals surface area contributed by atoms with Gasteiger partial charge >= 0.3 is 6.03 Å². The Morgan fingerprint density at radius 3 is 2.91 bits per heavy atom. The van der Waals surface area contributed by atoms with Gasteiger partial charge in [-0.2, -0.15) is 0 Å². The predicted molar refractivity (Wildman–Crippen MR) is 133 cm³/mol. The highest BCUT2D eigenvalue weighted by atomic mass is 16.2. The normalized spacial score (nSPS) is 28.3. The number of rotatable bonds is 3. The van der Waals surface area contributed by atoms with Crippen LogP contribution in [0.2, 0.25) is 0 Å². The first-order valence-electron chi connectivity index (χ1n) is 12.9. The Labute approximate surface area is 206 Å². The van der Waals surface area contributed by atoms with Crippen molar-refractivity contribution < 1.29 is 9.59 Å². The van der Waals surface area contributed by atoms with Crippen LogP contribution >= 0.6 is 0 Å². The fourth-order valence-corrected chi connectivity index (χ4v) is 6.35. The molecule has 0 aromatic carbocycles. The Morgan fingerprint density at radius 1 is 1.23 bits per heavy atom. The molecular formula is C26H35N7O2. The Bertz CT molecular complexity index is 1110. The van der Waals surface area contributed by atoms with E-state index in [9.17, 15) is 9.59 Å². The first kappa shape index (κ1) is 22.5. The molecule has 6 rings (SSSR count). The van der Waals surface area contributed by atoms with Crippen molar-refractivity contribution in [2.24, 2.45) is 5.41 Å². The Kier molecular flexibility index (Phi) is 5.56. The van der Waals surface area contributed by atoms with Gasteiger partial charge in [-0.3, -0.25) is 14.7 Å². The molecule has 4 aliphatic heterocycles. The third-order valence-corrected chi connectivity index (χ3v) is 8.32. The van der Waals surface area contributed by atoms with Crippen LogP contribution in [0, 0.1) is 5.41 Å². The van der Waals surface area contributed by atoms with Crippen molar-refractivity contribution in [1.29, 1.82) is 0 Å². The molecule has 2 atom stereocenters. The van der Waals surface area contributed by atoms with E-state index in [4.69, 9.17) is 4.98 Å². The molecule has 186 valence electrons. The first-order chi connectivity index (χ1) is 17.0. The number of piperazine rings is 1. The summed E-state index contributed by atoms with van der Waals surface area (Å²) in [5.74, 6) is 0.184. The van der Waals surface area contributed by atoms with Crippen LogP contribution in [-0.2, 0) is 11.2 Å². The number of likely N-dealkylation sites (tertiary alicyclic amines) is 1. The molecule has 2 unspecified atom stereocenters. The van der Waals surface area contributed by atoms with Gasteiger partial charge in [-0.25, -0.2) is 10.2 Å². The average molecular weight is 478 g/mol. The van der Waals surface area contributed by atoms with E-state index < -0.39 is 0 Å². The van der Waals surface area contributed by atoms with Crippen molar-refractivity contribution in [3.8, 4) is 0 Å². The number of carbonyl (C=O) groups excluding carboxylic acids is 2. The van der Waals surface area contributed by atoms with Gasteiger partial charge in [0.2, 0.25) is 5.91 Å². The summed E-state index contributed by atoms with van der Waals surface area (Å²) in [7, 11) is 2.00. The summed E-state index contributed by atoms with van der Waals surface area (Å²) in [5, 5.41) is 5.23. The summed E-state index contributed by atoms with van der Waals surface area (Å²) in [6, 6.07) is 2.36. The molecule has 5 aliphatic rings. The van der Waals surface area contributed by atoms with E-state index in [-0.39, 0.29) is 23.4 Å². The van der Waals surface area contributed by atoms with Gasteiger partial charge in [-0.1, -0.05) is 0 Å². The molecule has 0 radical (unpaired) electrons. The standard InChI is InChI=1S/C26H35N7O2/c1-3-27-25(35)31-8-6-26(17-31)7-9-33-23(26)14-22(29-33)19-12-18-13-20(4-5-21(18)28-15-19)32-11-10-30(2)16-24(32)34/h12-15,22,29H,3-11,16-17H2,1-2H3,(H,27,35). The number of hydrazine groups is 1. The molecular weight excluding hydrogens is 442 g/mol. The lowest BCUT2D eigenvalue weighted by molar-refractivity contribution is -0.133. The molecule has 1 aliphatic carbocycles. The van der Waals surface area contributed by atoms with Crippen LogP contribution in [0.1, 0.15) is 49.0 Å². The highest BCUT2D eigenvalue weighted by Gasteiger charge is 2.50. The van der Waals surface area contributed by atoms with Crippen molar-refractivity contribution in [1.82, 2.24) is 35.4 Å². The van der Waals surface area contributed by atoms with Crippen molar-refractivity contribution in [2.75, 3.05) is 52.9 Å². The monoisotopic (exact) mass is 477 g/mol. The van der Waals surface area contributed by atoms with Crippen molar-refractivity contribution in [3.05, 3.63) is 46.6 Å². The van der Waals surface area contributed by atoms with Gasteiger partial charge in [0.1, 0.15) is 0 Å². The number of hydrogen-bond donors (Lipinski definition) is 2. The number of fused-ring (bicyclic) bond motifs is 3. The number of pyridine rings is 1. The number of urea groups is 1. The van der Waals surface area contributed by atoms with Crippen LogP contribution in [0.5, 0.6) is 0 Å². The van der Waals surface area contributed by atoms with E-state index in [0.717, 1.165) is 80.9 Å². The lowest BCUT2D eigenvalue weighted by Gasteiger charge is -2.35. The first-order valence-corrected chi connectivity index (χ1v) is 12.9. The highest BCUT2D eigenvalue weighted by Crippen LogP contribution is 2.50. The zero-order valence-corrected chi connectivity index (χ0v) is 20.7. The molecule has 5 heterocycles. The maximum Gasteiger partial charge on any atom is 0.317 e. The van der Waals surface area contributed by atoms with Gasteiger partial charge in [-0.15, -0.1) is 0 Å². The van der Waals surface area contributed by atoms with Crippen LogP contribution in [0.15, 0.2) is 29.7 Å². The number of aryl methyl sites for hydroxylation is 1. The minimum absolute atomic E-state index is 0.0450.